The number of ether oxygens (including phenoxy) is 1. The number of benzene rings is 1. The molecule has 0 fully saturated rings. The van der Waals surface area contributed by atoms with Gasteiger partial charge < -0.3 is 31.5 Å². The number of hydrogen-bond donors (Lipinski definition) is 5. The fourth-order valence-corrected chi connectivity index (χ4v) is 2.60. The van der Waals surface area contributed by atoms with Crippen LogP contribution in [0.1, 0.15) is 34.8 Å². The molecule has 6 N–H and O–H groups in total. The molecule has 0 spiro atoms. The lowest BCUT2D eigenvalue weighted by atomic mass is 10.1. The van der Waals surface area contributed by atoms with Gasteiger partial charge >= 0.3 is 0 Å². The van der Waals surface area contributed by atoms with Crippen LogP contribution in [0.15, 0.2) is 35.3 Å². The molecule has 10 heteroatoms. The van der Waals surface area contributed by atoms with Gasteiger partial charge in [-0.2, -0.15) is 0 Å². The lowest BCUT2D eigenvalue weighted by molar-refractivity contribution is -0.119. The topological polar surface area (TPSA) is 151 Å². The summed E-state index contributed by atoms with van der Waals surface area (Å²) < 4.78 is 5.31. The number of carbonyl (C=O) groups excluding carboxylic acids is 2. The molecular formula is C21H28N6O4. The summed E-state index contributed by atoms with van der Waals surface area (Å²) in [5, 5.41) is 18.1. The maximum Gasteiger partial charge on any atom is 0.274 e. The predicted molar refractivity (Wildman–Crippen MR) is 120 cm³/mol. The number of nitrogens with zero attached hydrogens (tertiary/aromatic N) is 2. The van der Waals surface area contributed by atoms with E-state index in [1.54, 1.807) is 44.3 Å². The van der Waals surface area contributed by atoms with E-state index < -0.39 is 12.0 Å². The summed E-state index contributed by atoms with van der Waals surface area (Å²) >= 11 is 0. The SMILES string of the molecule is CNCCNC(=O)CN=Cc1cc(NC(=O)c2cccc(C(C)O)n2)c(OC)cc1N. The molecule has 0 radical (unpaired) electrons. The zero-order chi connectivity index (χ0) is 22.8. The van der Waals surface area contributed by atoms with Crippen LogP contribution in [0.3, 0.4) is 0 Å². The highest BCUT2D eigenvalue weighted by molar-refractivity contribution is 6.05. The lowest BCUT2D eigenvalue weighted by Gasteiger charge is -2.13. The monoisotopic (exact) mass is 428 g/mol. The summed E-state index contributed by atoms with van der Waals surface area (Å²) in [5.41, 5.74) is 7.84. The van der Waals surface area contributed by atoms with Gasteiger partial charge in [-0.05, 0) is 32.2 Å². The number of nitrogen functional groups attached to an aromatic ring is 1. The molecule has 0 saturated heterocycles. The van der Waals surface area contributed by atoms with Crippen molar-refractivity contribution in [3.8, 4) is 5.75 Å². The summed E-state index contributed by atoms with van der Waals surface area (Å²) in [6.07, 6.45) is 0.672. The fourth-order valence-electron chi connectivity index (χ4n) is 2.60. The third-order valence-electron chi connectivity index (χ3n) is 4.25. The molecule has 1 unspecified atom stereocenters. The maximum absolute atomic E-state index is 12.6. The number of pyridine rings is 1. The zero-order valence-corrected chi connectivity index (χ0v) is 17.8. The quantitative estimate of drug-likeness (QED) is 0.213. The van der Waals surface area contributed by atoms with Crippen molar-refractivity contribution in [2.75, 3.05) is 44.8 Å². The van der Waals surface area contributed by atoms with Crippen molar-refractivity contribution in [1.82, 2.24) is 15.6 Å². The first-order valence-corrected chi connectivity index (χ1v) is 9.70. The van der Waals surface area contributed by atoms with E-state index in [-0.39, 0.29) is 18.1 Å². The first kappa shape index (κ1) is 23.8. The number of aromatic nitrogens is 1. The highest BCUT2D eigenvalue weighted by atomic mass is 16.5. The Labute approximate surface area is 180 Å². The summed E-state index contributed by atoms with van der Waals surface area (Å²) in [7, 11) is 3.26. The number of likely N-dealkylation sites (N-methyl/N-ethyl adjacent to an activating group) is 1. The summed E-state index contributed by atoms with van der Waals surface area (Å²) in [6.45, 7) is 2.70. The van der Waals surface area contributed by atoms with Gasteiger partial charge in [0.15, 0.2) is 0 Å². The number of rotatable bonds is 10. The van der Waals surface area contributed by atoms with Crippen LogP contribution in [0.5, 0.6) is 5.75 Å². The Morgan fingerprint density at radius 3 is 2.77 bits per heavy atom. The van der Waals surface area contributed by atoms with E-state index in [1.165, 1.54) is 13.3 Å². The Morgan fingerprint density at radius 1 is 1.32 bits per heavy atom. The van der Waals surface area contributed by atoms with Gasteiger partial charge in [-0.15, -0.1) is 0 Å². The van der Waals surface area contributed by atoms with Crippen molar-refractivity contribution in [3.63, 3.8) is 0 Å². The Kier molecular flexibility index (Phi) is 8.92. The van der Waals surface area contributed by atoms with Gasteiger partial charge in [-0.1, -0.05) is 6.07 Å². The van der Waals surface area contributed by atoms with Crippen molar-refractivity contribution in [2.24, 2.45) is 4.99 Å². The van der Waals surface area contributed by atoms with E-state index in [1.807, 2.05) is 0 Å². The number of anilines is 2. The van der Waals surface area contributed by atoms with Crippen LogP contribution in [0.25, 0.3) is 0 Å². The number of nitrogens with one attached hydrogen (secondary N) is 3. The Morgan fingerprint density at radius 2 is 2.10 bits per heavy atom. The van der Waals surface area contributed by atoms with Crippen LogP contribution in [0.4, 0.5) is 11.4 Å². The molecule has 1 heterocycles. The van der Waals surface area contributed by atoms with E-state index in [9.17, 15) is 14.7 Å². The van der Waals surface area contributed by atoms with Gasteiger partial charge in [0.2, 0.25) is 5.91 Å². The molecule has 1 aromatic carbocycles. The number of hydrogen-bond acceptors (Lipinski definition) is 8. The third-order valence-corrected chi connectivity index (χ3v) is 4.25. The van der Waals surface area contributed by atoms with Crippen molar-refractivity contribution in [3.05, 3.63) is 47.3 Å². The van der Waals surface area contributed by atoms with Crippen LogP contribution in [-0.2, 0) is 4.79 Å². The lowest BCUT2D eigenvalue weighted by Crippen LogP contribution is -2.31. The smallest absolute Gasteiger partial charge is 0.274 e. The first-order valence-electron chi connectivity index (χ1n) is 9.70. The molecule has 2 aromatic rings. The van der Waals surface area contributed by atoms with Gasteiger partial charge in [-0.25, -0.2) is 4.98 Å². The Balaban J connectivity index is 2.16. The van der Waals surface area contributed by atoms with E-state index in [0.717, 1.165) is 0 Å². The Hall–Kier alpha value is -3.50. The second-order valence-corrected chi connectivity index (χ2v) is 6.68. The molecule has 31 heavy (non-hydrogen) atoms. The highest BCUT2D eigenvalue weighted by Crippen LogP contribution is 2.29. The van der Waals surface area contributed by atoms with Crippen molar-refractivity contribution < 1.29 is 19.4 Å². The summed E-state index contributed by atoms with van der Waals surface area (Å²) in [6, 6.07) is 7.98. The molecule has 2 amide bonds. The van der Waals surface area contributed by atoms with Crippen LogP contribution < -0.4 is 26.4 Å². The zero-order valence-electron chi connectivity index (χ0n) is 17.8. The van der Waals surface area contributed by atoms with Crippen molar-refractivity contribution in [2.45, 2.75) is 13.0 Å². The normalized spacial score (nSPS) is 11.9. The minimum Gasteiger partial charge on any atom is -0.494 e. The number of methoxy groups -OCH3 is 1. The molecule has 166 valence electrons. The summed E-state index contributed by atoms with van der Waals surface area (Å²) in [4.78, 5) is 32.7. The van der Waals surface area contributed by atoms with Gasteiger partial charge in [0.05, 0.1) is 24.6 Å². The minimum absolute atomic E-state index is 0.0487. The van der Waals surface area contributed by atoms with Gasteiger partial charge in [0.25, 0.3) is 5.91 Å². The first-order chi connectivity index (χ1) is 14.8. The molecule has 0 aliphatic carbocycles. The fraction of sp³-hybridized carbons (Fsp3) is 0.333. The van der Waals surface area contributed by atoms with Crippen LogP contribution in [-0.4, -0.2) is 61.9 Å². The molecule has 1 aromatic heterocycles. The summed E-state index contributed by atoms with van der Waals surface area (Å²) in [5.74, 6) is -0.326. The number of nitrogens with two attached hydrogens (primary N) is 1. The van der Waals surface area contributed by atoms with E-state index in [4.69, 9.17) is 10.5 Å². The number of aliphatic hydroxyl groups excluding tert-OH is 1. The maximum atomic E-state index is 12.6. The molecule has 0 saturated carbocycles. The van der Waals surface area contributed by atoms with E-state index in [0.29, 0.717) is 41.5 Å². The van der Waals surface area contributed by atoms with Crippen molar-refractivity contribution >= 4 is 29.4 Å². The number of aliphatic imine (C=N–C) groups is 1. The molecule has 0 aliphatic rings. The number of carbonyl (C=O) groups is 2. The van der Waals surface area contributed by atoms with Crippen molar-refractivity contribution in [1.29, 1.82) is 0 Å². The Bertz CT molecular complexity index is 945. The molecule has 0 bridgehead atoms. The van der Waals surface area contributed by atoms with Crippen LogP contribution >= 0.6 is 0 Å². The molecule has 10 nitrogen and oxygen atoms in total. The molecule has 0 aliphatic heterocycles. The molecule has 2 rings (SSSR count). The van der Waals surface area contributed by atoms with E-state index in [2.05, 4.69) is 25.9 Å². The second-order valence-electron chi connectivity index (χ2n) is 6.68. The highest BCUT2D eigenvalue weighted by Gasteiger charge is 2.15. The predicted octanol–water partition coefficient (Wildman–Crippen LogP) is 0.733. The minimum atomic E-state index is -0.794. The van der Waals surface area contributed by atoms with Gasteiger partial charge in [0, 0.05) is 36.6 Å². The molecular weight excluding hydrogens is 400 g/mol. The van der Waals surface area contributed by atoms with Crippen LogP contribution in [0, 0.1) is 0 Å². The average molecular weight is 428 g/mol. The third kappa shape index (κ3) is 7.05. The van der Waals surface area contributed by atoms with Gasteiger partial charge in [-0.3, -0.25) is 14.6 Å². The van der Waals surface area contributed by atoms with E-state index >= 15 is 0 Å². The standard InChI is InChI=1S/C21H28N6O4/c1-13(28)16-5-4-6-17(26-16)21(30)27-18-9-14(15(22)10-19(18)31-3)11-24-12-20(29)25-8-7-23-2/h4-6,9-11,13,23,28H,7-8,12,22H2,1-3H3,(H,25,29)(H,27,30). The molecule has 1 atom stereocenters. The second kappa shape index (κ2) is 11.6. The van der Waals surface area contributed by atoms with Crippen LogP contribution in [0.2, 0.25) is 0 Å². The number of aliphatic hydroxyl groups is 1. The van der Waals surface area contributed by atoms with Gasteiger partial charge in [0.1, 0.15) is 18.0 Å². The number of amides is 2. The largest absolute Gasteiger partial charge is 0.494 e. The average Bonchev–Trinajstić information content (AvgIpc) is 2.75.